The number of terminal acetylenes is 1. The van der Waals surface area contributed by atoms with Crippen molar-refractivity contribution in [1.82, 2.24) is 0 Å². The minimum Gasteiger partial charge on any atom is -0.497 e. The summed E-state index contributed by atoms with van der Waals surface area (Å²) in [7, 11) is 1.55. The predicted molar refractivity (Wildman–Crippen MR) is 59.6 cm³/mol. The molecule has 1 rings (SSSR count). The molecule has 0 aromatic heterocycles. The first kappa shape index (κ1) is 10.1. The Labute approximate surface area is 83.9 Å². The van der Waals surface area contributed by atoms with E-state index >= 15 is 0 Å². The van der Waals surface area contributed by atoms with Crippen molar-refractivity contribution < 1.29 is 4.74 Å². The Kier molecular flexibility index (Phi) is 3.09. The van der Waals surface area contributed by atoms with Gasteiger partial charge in [-0.25, -0.2) is 0 Å². The van der Waals surface area contributed by atoms with Gasteiger partial charge in [0.05, 0.1) is 12.8 Å². The van der Waals surface area contributed by atoms with E-state index in [9.17, 15) is 0 Å². The van der Waals surface area contributed by atoms with Crippen molar-refractivity contribution in [3.05, 3.63) is 35.9 Å². The molecule has 0 saturated carbocycles. The summed E-state index contributed by atoms with van der Waals surface area (Å²) in [4.78, 5) is 3.86. The summed E-state index contributed by atoms with van der Waals surface area (Å²) < 4.78 is 5.03. The number of ether oxygens (including phenoxy) is 1. The molecule has 70 valence electrons. The normalized spacial score (nSPS) is 8.86. The lowest BCUT2D eigenvalue weighted by molar-refractivity contribution is 0.371. The highest BCUT2D eigenvalue weighted by Crippen LogP contribution is 2.26. The highest BCUT2D eigenvalue weighted by Gasteiger charge is 2.05. The fourth-order valence-corrected chi connectivity index (χ4v) is 1.10. The smallest absolute Gasteiger partial charge is 0.121 e. The summed E-state index contributed by atoms with van der Waals surface area (Å²) in [6.07, 6.45) is 5.29. The molecule has 14 heavy (non-hydrogen) atoms. The molecule has 0 aliphatic carbocycles. The monoisotopic (exact) mass is 185 g/mol. The van der Waals surface area contributed by atoms with Crippen LogP contribution in [0.3, 0.4) is 0 Å². The topological polar surface area (TPSA) is 21.6 Å². The van der Waals surface area contributed by atoms with Gasteiger partial charge in [0.25, 0.3) is 0 Å². The van der Waals surface area contributed by atoms with Crippen LogP contribution in [0.4, 0.5) is 5.69 Å². The van der Waals surface area contributed by atoms with E-state index < -0.39 is 0 Å². The van der Waals surface area contributed by atoms with Gasteiger partial charge in [0.15, 0.2) is 0 Å². The van der Waals surface area contributed by atoms with Crippen LogP contribution in [-0.4, -0.2) is 13.8 Å². The number of methoxy groups -OCH3 is 1. The van der Waals surface area contributed by atoms with Crippen LogP contribution in [0.15, 0.2) is 29.8 Å². The zero-order valence-corrected chi connectivity index (χ0v) is 8.08. The molecular formula is C12H11NO. The van der Waals surface area contributed by atoms with Crippen LogP contribution in [0.25, 0.3) is 5.76 Å². The Morgan fingerprint density at radius 3 is 2.79 bits per heavy atom. The van der Waals surface area contributed by atoms with E-state index in [1.807, 2.05) is 0 Å². The van der Waals surface area contributed by atoms with E-state index in [0.717, 1.165) is 16.8 Å². The first-order valence-electron chi connectivity index (χ1n) is 4.03. The first-order chi connectivity index (χ1) is 6.72. The van der Waals surface area contributed by atoms with Gasteiger partial charge in [0.2, 0.25) is 0 Å². The fourth-order valence-electron chi connectivity index (χ4n) is 1.10. The summed E-state index contributed by atoms with van der Waals surface area (Å²) in [6.45, 7) is 7.21. The molecule has 0 heterocycles. The van der Waals surface area contributed by atoms with Gasteiger partial charge in [-0.1, -0.05) is 12.5 Å². The maximum absolute atomic E-state index is 5.29. The molecule has 0 radical (unpaired) electrons. The van der Waals surface area contributed by atoms with Gasteiger partial charge < -0.3 is 4.74 Å². The van der Waals surface area contributed by atoms with Crippen molar-refractivity contribution in [2.75, 3.05) is 7.11 Å². The van der Waals surface area contributed by atoms with Crippen molar-refractivity contribution in [2.24, 2.45) is 4.99 Å². The average Bonchev–Trinajstić information content (AvgIpc) is 2.27. The molecule has 0 amide bonds. The second-order valence-electron chi connectivity index (χ2n) is 2.66. The summed E-state index contributed by atoms with van der Waals surface area (Å²) in [5, 5.41) is 0. The second-order valence-corrected chi connectivity index (χ2v) is 2.66. The van der Waals surface area contributed by atoms with Crippen molar-refractivity contribution in [3.8, 4) is 12.3 Å². The van der Waals surface area contributed by atoms with Gasteiger partial charge in [0, 0.05) is 11.1 Å². The molecule has 0 aliphatic heterocycles. The minimum absolute atomic E-state index is 0.532. The SMILES string of the molecule is C#Cc1ccc(N=C)c(C(=C)OC)c1. The van der Waals surface area contributed by atoms with Crippen molar-refractivity contribution in [3.63, 3.8) is 0 Å². The van der Waals surface area contributed by atoms with Gasteiger partial charge in [-0.2, -0.15) is 0 Å². The van der Waals surface area contributed by atoms with Crippen LogP contribution in [0.1, 0.15) is 11.1 Å². The maximum Gasteiger partial charge on any atom is 0.121 e. The number of aliphatic imine (C=N–C) groups is 1. The van der Waals surface area contributed by atoms with Crippen molar-refractivity contribution in [1.29, 1.82) is 0 Å². The molecule has 0 spiro atoms. The number of hydrogen-bond donors (Lipinski definition) is 0. The van der Waals surface area contributed by atoms with Crippen LogP contribution in [-0.2, 0) is 4.74 Å². The second kappa shape index (κ2) is 4.29. The van der Waals surface area contributed by atoms with Crippen LogP contribution >= 0.6 is 0 Å². The Bertz CT molecular complexity index is 413. The lowest BCUT2D eigenvalue weighted by atomic mass is 10.1. The highest BCUT2D eigenvalue weighted by molar-refractivity contribution is 5.72. The number of hydrogen-bond acceptors (Lipinski definition) is 2. The predicted octanol–water partition coefficient (Wildman–Crippen LogP) is 2.62. The molecule has 0 unspecified atom stereocenters. The van der Waals surface area contributed by atoms with Gasteiger partial charge in [-0.05, 0) is 24.9 Å². The molecule has 2 heteroatoms. The van der Waals surface area contributed by atoms with Gasteiger partial charge in [-0.3, -0.25) is 4.99 Å². The molecule has 0 aliphatic rings. The molecule has 0 atom stereocenters. The van der Waals surface area contributed by atoms with E-state index in [1.165, 1.54) is 0 Å². The molecule has 0 N–H and O–H groups in total. The standard InChI is InChI=1S/C12H11NO/c1-5-10-6-7-12(13-3)11(8-10)9(2)14-4/h1,6-8H,2-3H2,4H3. The quantitative estimate of drug-likeness (QED) is 0.403. The summed E-state index contributed by atoms with van der Waals surface area (Å²) in [6, 6.07) is 5.40. The molecule has 0 fully saturated rings. The van der Waals surface area contributed by atoms with Crippen LogP contribution in [0.5, 0.6) is 0 Å². The van der Waals surface area contributed by atoms with Gasteiger partial charge >= 0.3 is 0 Å². The zero-order valence-electron chi connectivity index (χ0n) is 8.08. The van der Waals surface area contributed by atoms with Crippen molar-refractivity contribution >= 4 is 18.2 Å². The Morgan fingerprint density at radius 2 is 2.29 bits per heavy atom. The number of nitrogens with zero attached hydrogens (tertiary/aromatic N) is 1. The van der Waals surface area contributed by atoms with E-state index in [4.69, 9.17) is 11.2 Å². The summed E-state index contributed by atoms with van der Waals surface area (Å²) in [5.41, 5.74) is 2.26. The summed E-state index contributed by atoms with van der Waals surface area (Å²) >= 11 is 0. The fraction of sp³-hybridized carbons (Fsp3) is 0.0833. The first-order valence-corrected chi connectivity index (χ1v) is 4.03. The molecule has 0 saturated heterocycles. The minimum atomic E-state index is 0.532. The van der Waals surface area contributed by atoms with Gasteiger partial charge in [0.1, 0.15) is 5.76 Å². The third kappa shape index (κ3) is 1.83. The third-order valence-corrected chi connectivity index (χ3v) is 1.88. The number of benzene rings is 1. The summed E-state index contributed by atoms with van der Waals surface area (Å²) in [5.74, 6) is 3.07. The zero-order chi connectivity index (χ0) is 10.6. The van der Waals surface area contributed by atoms with Crippen LogP contribution in [0, 0.1) is 12.3 Å². The van der Waals surface area contributed by atoms with E-state index in [1.54, 1.807) is 25.3 Å². The molecular weight excluding hydrogens is 174 g/mol. The van der Waals surface area contributed by atoms with E-state index in [-0.39, 0.29) is 0 Å². The Morgan fingerprint density at radius 1 is 1.57 bits per heavy atom. The highest BCUT2D eigenvalue weighted by atomic mass is 16.5. The van der Waals surface area contributed by atoms with Gasteiger partial charge in [-0.15, -0.1) is 6.42 Å². The lowest BCUT2D eigenvalue weighted by Gasteiger charge is -2.07. The molecule has 2 nitrogen and oxygen atoms in total. The molecule has 0 bridgehead atoms. The Hall–Kier alpha value is -2.01. The van der Waals surface area contributed by atoms with E-state index in [0.29, 0.717) is 5.76 Å². The largest absolute Gasteiger partial charge is 0.497 e. The Balaban J connectivity index is 3.30. The lowest BCUT2D eigenvalue weighted by Crippen LogP contribution is -1.87. The molecule has 1 aromatic rings. The van der Waals surface area contributed by atoms with Crippen LogP contribution in [0.2, 0.25) is 0 Å². The van der Waals surface area contributed by atoms with E-state index in [2.05, 4.69) is 24.2 Å². The molecule has 1 aromatic carbocycles. The van der Waals surface area contributed by atoms with Crippen molar-refractivity contribution in [2.45, 2.75) is 0 Å². The third-order valence-electron chi connectivity index (χ3n) is 1.88. The average molecular weight is 185 g/mol. The maximum atomic E-state index is 5.29. The van der Waals surface area contributed by atoms with Crippen LogP contribution < -0.4 is 0 Å². The number of rotatable bonds is 3.